The first kappa shape index (κ1) is 13.3. The Kier molecular flexibility index (Phi) is 4.59. The van der Waals surface area contributed by atoms with Crippen LogP contribution in [0.1, 0.15) is 43.5 Å². The maximum atomic E-state index is 13.7. The summed E-state index contributed by atoms with van der Waals surface area (Å²) in [6.07, 6.45) is 3.58. The van der Waals surface area contributed by atoms with Gasteiger partial charge in [0.25, 0.3) is 0 Å². The van der Waals surface area contributed by atoms with Crippen molar-refractivity contribution in [3.8, 4) is 5.75 Å². The van der Waals surface area contributed by atoms with Crippen LogP contribution < -0.4 is 10.1 Å². The van der Waals surface area contributed by atoms with E-state index in [0.717, 1.165) is 36.3 Å². The van der Waals surface area contributed by atoms with E-state index in [1.807, 2.05) is 18.2 Å². The third-order valence-electron chi connectivity index (χ3n) is 3.68. The zero-order valence-electron chi connectivity index (χ0n) is 11.2. The molecule has 0 amide bonds. The first-order valence-corrected chi connectivity index (χ1v) is 6.75. The van der Waals surface area contributed by atoms with Gasteiger partial charge in [0.05, 0.1) is 7.11 Å². The molecule has 1 N–H and O–H groups in total. The van der Waals surface area contributed by atoms with E-state index in [0.29, 0.717) is 6.04 Å². The number of halogens is 1. The Balaban J connectivity index is 2.22. The summed E-state index contributed by atoms with van der Waals surface area (Å²) >= 11 is 0. The molecule has 1 aromatic carbocycles. The predicted octanol–water partition coefficient (Wildman–Crippen LogP) is 3.41. The quantitative estimate of drug-likeness (QED) is 0.885. The number of hydrogen-bond donors (Lipinski definition) is 1. The highest BCUT2D eigenvalue weighted by Crippen LogP contribution is 2.30. The maximum absolute atomic E-state index is 13.7. The molecule has 1 saturated heterocycles. The topological polar surface area (TPSA) is 21.3 Å². The molecule has 2 rings (SSSR count). The molecule has 1 fully saturated rings. The van der Waals surface area contributed by atoms with Crippen molar-refractivity contribution in [1.82, 2.24) is 5.32 Å². The summed E-state index contributed by atoms with van der Waals surface area (Å²) in [6, 6.07) is 6.10. The third kappa shape index (κ3) is 3.02. The van der Waals surface area contributed by atoms with Crippen LogP contribution in [0.4, 0.5) is 4.39 Å². The van der Waals surface area contributed by atoms with Gasteiger partial charge in [-0.3, -0.25) is 0 Å². The number of rotatable bonds is 4. The minimum absolute atomic E-state index is 0.451. The molecule has 2 unspecified atom stereocenters. The second kappa shape index (κ2) is 6.19. The Morgan fingerprint density at radius 1 is 1.44 bits per heavy atom. The summed E-state index contributed by atoms with van der Waals surface area (Å²) in [7, 11) is 1.65. The molecule has 100 valence electrons. The van der Waals surface area contributed by atoms with Gasteiger partial charge in [0, 0.05) is 11.6 Å². The van der Waals surface area contributed by atoms with Crippen LogP contribution in [-0.2, 0) is 6.42 Å². The summed E-state index contributed by atoms with van der Waals surface area (Å²) < 4.78 is 19.1. The van der Waals surface area contributed by atoms with Gasteiger partial charge in [0.2, 0.25) is 0 Å². The largest absolute Gasteiger partial charge is 0.496 e. The van der Waals surface area contributed by atoms with Gasteiger partial charge in [-0.25, -0.2) is 4.39 Å². The number of ether oxygens (including phenoxy) is 1. The zero-order valence-corrected chi connectivity index (χ0v) is 11.2. The number of alkyl halides is 1. The molecule has 1 aliphatic heterocycles. The van der Waals surface area contributed by atoms with Crippen LogP contribution in [0.15, 0.2) is 18.2 Å². The molecule has 18 heavy (non-hydrogen) atoms. The second-order valence-corrected chi connectivity index (χ2v) is 5.00. The lowest BCUT2D eigenvalue weighted by Crippen LogP contribution is -2.35. The van der Waals surface area contributed by atoms with Crippen LogP contribution in [0.25, 0.3) is 0 Å². The number of piperidine rings is 1. The summed E-state index contributed by atoms with van der Waals surface area (Å²) in [5, 5.41) is 3.51. The molecule has 2 atom stereocenters. The van der Waals surface area contributed by atoms with E-state index in [2.05, 4.69) is 5.32 Å². The number of benzene rings is 1. The molecule has 0 spiro atoms. The molecule has 1 aliphatic rings. The van der Waals surface area contributed by atoms with E-state index >= 15 is 0 Å². The van der Waals surface area contributed by atoms with Crippen molar-refractivity contribution in [1.29, 1.82) is 0 Å². The normalized spacial score (nSPS) is 21.6. The lowest BCUT2D eigenvalue weighted by atomic mass is 9.93. The fourth-order valence-corrected chi connectivity index (χ4v) is 2.71. The van der Waals surface area contributed by atoms with Crippen molar-refractivity contribution < 1.29 is 9.13 Å². The van der Waals surface area contributed by atoms with E-state index in [1.165, 1.54) is 12.8 Å². The lowest BCUT2D eigenvalue weighted by molar-refractivity contribution is 0.354. The van der Waals surface area contributed by atoms with Crippen molar-refractivity contribution in [3.63, 3.8) is 0 Å². The minimum atomic E-state index is -0.946. The smallest absolute Gasteiger partial charge is 0.123 e. The Hall–Kier alpha value is -1.09. The van der Waals surface area contributed by atoms with E-state index in [1.54, 1.807) is 14.0 Å². The van der Waals surface area contributed by atoms with Crippen molar-refractivity contribution in [2.75, 3.05) is 13.7 Å². The SMILES string of the molecule is COc1cccc(C(C)F)c1CC1CCCCN1. The monoisotopic (exact) mass is 251 g/mol. The molecule has 3 heteroatoms. The van der Waals surface area contributed by atoms with E-state index in [-0.39, 0.29) is 0 Å². The molecule has 0 bridgehead atoms. The van der Waals surface area contributed by atoms with Crippen LogP contribution >= 0.6 is 0 Å². The summed E-state index contributed by atoms with van der Waals surface area (Å²) in [6.45, 7) is 2.66. The molecule has 0 saturated carbocycles. The number of nitrogens with one attached hydrogen (secondary N) is 1. The van der Waals surface area contributed by atoms with E-state index in [9.17, 15) is 4.39 Å². The molecular formula is C15H22FNO. The highest BCUT2D eigenvalue weighted by atomic mass is 19.1. The highest BCUT2D eigenvalue weighted by molar-refractivity contribution is 5.42. The molecule has 1 aromatic rings. The van der Waals surface area contributed by atoms with Gasteiger partial charge in [-0.1, -0.05) is 18.6 Å². The Morgan fingerprint density at radius 3 is 2.89 bits per heavy atom. The fraction of sp³-hybridized carbons (Fsp3) is 0.600. The van der Waals surface area contributed by atoms with Gasteiger partial charge >= 0.3 is 0 Å². The molecule has 1 heterocycles. The Bertz CT molecular complexity index is 386. The van der Waals surface area contributed by atoms with Gasteiger partial charge in [-0.2, -0.15) is 0 Å². The summed E-state index contributed by atoms with van der Waals surface area (Å²) in [5.74, 6) is 0.810. The van der Waals surface area contributed by atoms with Gasteiger partial charge < -0.3 is 10.1 Å². The predicted molar refractivity (Wildman–Crippen MR) is 71.9 cm³/mol. The van der Waals surface area contributed by atoms with E-state index in [4.69, 9.17) is 4.74 Å². The Morgan fingerprint density at radius 2 is 2.28 bits per heavy atom. The summed E-state index contributed by atoms with van der Waals surface area (Å²) in [4.78, 5) is 0. The van der Waals surface area contributed by atoms with Crippen LogP contribution in [0, 0.1) is 0 Å². The van der Waals surface area contributed by atoms with E-state index < -0.39 is 6.17 Å². The van der Waals surface area contributed by atoms with Crippen LogP contribution in [0.3, 0.4) is 0 Å². The van der Waals surface area contributed by atoms with Crippen LogP contribution in [0.2, 0.25) is 0 Å². The molecular weight excluding hydrogens is 229 g/mol. The number of hydrogen-bond acceptors (Lipinski definition) is 2. The summed E-state index contributed by atoms with van der Waals surface area (Å²) in [5.41, 5.74) is 1.79. The van der Waals surface area contributed by atoms with Crippen molar-refractivity contribution in [3.05, 3.63) is 29.3 Å². The van der Waals surface area contributed by atoms with Crippen LogP contribution in [0.5, 0.6) is 5.75 Å². The van der Waals surface area contributed by atoms with Gasteiger partial charge in [0.15, 0.2) is 0 Å². The minimum Gasteiger partial charge on any atom is -0.496 e. The van der Waals surface area contributed by atoms with Crippen molar-refractivity contribution in [2.24, 2.45) is 0 Å². The molecule has 2 nitrogen and oxygen atoms in total. The Labute approximate surface area is 109 Å². The molecule has 0 aliphatic carbocycles. The highest BCUT2D eigenvalue weighted by Gasteiger charge is 2.19. The zero-order chi connectivity index (χ0) is 13.0. The van der Waals surface area contributed by atoms with Gasteiger partial charge in [-0.05, 0) is 44.4 Å². The van der Waals surface area contributed by atoms with Crippen molar-refractivity contribution in [2.45, 2.75) is 44.8 Å². The second-order valence-electron chi connectivity index (χ2n) is 5.00. The average Bonchev–Trinajstić information content (AvgIpc) is 2.40. The van der Waals surface area contributed by atoms with Crippen LogP contribution in [-0.4, -0.2) is 19.7 Å². The molecule has 0 aromatic heterocycles. The number of methoxy groups -OCH3 is 1. The lowest BCUT2D eigenvalue weighted by Gasteiger charge is -2.25. The first-order valence-electron chi connectivity index (χ1n) is 6.75. The molecule has 0 radical (unpaired) electrons. The third-order valence-corrected chi connectivity index (χ3v) is 3.68. The standard InChI is InChI=1S/C15H22FNO/c1-11(16)13-7-5-8-15(18-2)14(13)10-12-6-3-4-9-17-12/h5,7-8,11-12,17H,3-4,6,9-10H2,1-2H3. The van der Waals surface area contributed by atoms with Gasteiger partial charge in [-0.15, -0.1) is 0 Å². The average molecular weight is 251 g/mol. The van der Waals surface area contributed by atoms with Crippen molar-refractivity contribution >= 4 is 0 Å². The maximum Gasteiger partial charge on any atom is 0.123 e. The first-order chi connectivity index (χ1) is 8.72. The fourth-order valence-electron chi connectivity index (χ4n) is 2.71. The van der Waals surface area contributed by atoms with Gasteiger partial charge in [0.1, 0.15) is 11.9 Å².